The average molecular weight is 323 g/mol. The van der Waals surface area contributed by atoms with Crippen molar-refractivity contribution in [2.24, 2.45) is 0 Å². The normalized spacial score (nSPS) is 20.5. The molecule has 24 heavy (non-hydrogen) atoms. The van der Waals surface area contributed by atoms with E-state index < -0.39 is 0 Å². The molecule has 126 valence electrons. The largest absolute Gasteiger partial charge is 0.462 e. The number of esters is 1. The van der Waals surface area contributed by atoms with Crippen LogP contribution in [0.5, 0.6) is 0 Å². The Morgan fingerprint density at radius 3 is 2.58 bits per heavy atom. The molecule has 1 aliphatic heterocycles. The van der Waals surface area contributed by atoms with Gasteiger partial charge < -0.3 is 10.1 Å². The molecule has 3 nitrogen and oxygen atoms in total. The molecule has 2 aromatic carbocycles. The minimum atomic E-state index is -0.240. The monoisotopic (exact) mass is 323 g/mol. The third-order valence-corrected chi connectivity index (χ3v) is 4.71. The first kappa shape index (κ1) is 16.7. The third-order valence-electron chi connectivity index (χ3n) is 4.71. The molecule has 2 atom stereocenters. The summed E-state index contributed by atoms with van der Waals surface area (Å²) in [7, 11) is 0. The molecule has 1 saturated heterocycles. The van der Waals surface area contributed by atoms with Crippen LogP contribution >= 0.6 is 0 Å². The lowest BCUT2D eigenvalue weighted by molar-refractivity contribution is 0.0526. The number of carbonyl (C=O) groups is 1. The summed E-state index contributed by atoms with van der Waals surface area (Å²) in [5, 5.41) is 3.64. The van der Waals surface area contributed by atoms with E-state index in [1.807, 2.05) is 19.1 Å². The van der Waals surface area contributed by atoms with Gasteiger partial charge in [0.1, 0.15) is 0 Å². The fourth-order valence-electron chi connectivity index (χ4n) is 3.47. The minimum absolute atomic E-state index is 0.240. The van der Waals surface area contributed by atoms with E-state index in [0.29, 0.717) is 24.1 Å². The van der Waals surface area contributed by atoms with Gasteiger partial charge in [0.25, 0.3) is 0 Å². The van der Waals surface area contributed by atoms with E-state index in [2.05, 4.69) is 47.8 Å². The van der Waals surface area contributed by atoms with Crippen LogP contribution in [0.15, 0.2) is 54.6 Å². The first-order chi connectivity index (χ1) is 11.8. The summed E-state index contributed by atoms with van der Waals surface area (Å²) in [6.07, 6.45) is 3.34. The maximum Gasteiger partial charge on any atom is 0.338 e. The Hall–Kier alpha value is -2.13. The van der Waals surface area contributed by atoms with E-state index in [4.69, 9.17) is 4.74 Å². The lowest BCUT2D eigenvalue weighted by Crippen LogP contribution is -2.38. The number of rotatable bonds is 5. The molecule has 3 heteroatoms. The molecule has 1 fully saturated rings. The molecule has 0 aromatic heterocycles. The summed E-state index contributed by atoms with van der Waals surface area (Å²) in [6, 6.07) is 19.1. The first-order valence-corrected chi connectivity index (χ1v) is 8.80. The Morgan fingerprint density at radius 1 is 1.12 bits per heavy atom. The van der Waals surface area contributed by atoms with Crippen LogP contribution in [-0.2, 0) is 11.2 Å². The van der Waals surface area contributed by atoms with Crippen molar-refractivity contribution in [2.45, 2.75) is 38.1 Å². The van der Waals surface area contributed by atoms with Crippen LogP contribution in [0.4, 0.5) is 0 Å². The van der Waals surface area contributed by atoms with Crippen molar-refractivity contribution in [2.75, 3.05) is 13.2 Å². The molecule has 2 unspecified atom stereocenters. The predicted molar refractivity (Wildman–Crippen MR) is 96.3 cm³/mol. The Morgan fingerprint density at radius 2 is 1.88 bits per heavy atom. The predicted octanol–water partition coefficient (Wildman–Crippen LogP) is 3.94. The van der Waals surface area contributed by atoms with Crippen LogP contribution in [-0.4, -0.2) is 25.2 Å². The fourth-order valence-corrected chi connectivity index (χ4v) is 3.47. The van der Waals surface area contributed by atoms with Crippen LogP contribution in [0.3, 0.4) is 0 Å². The van der Waals surface area contributed by atoms with E-state index in [1.165, 1.54) is 11.1 Å². The minimum Gasteiger partial charge on any atom is -0.462 e. The second-order valence-corrected chi connectivity index (χ2v) is 6.40. The van der Waals surface area contributed by atoms with Gasteiger partial charge in [0.05, 0.1) is 12.2 Å². The van der Waals surface area contributed by atoms with Gasteiger partial charge in [-0.05, 0) is 61.9 Å². The van der Waals surface area contributed by atoms with Crippen molar-refractivity contribution in [1.82, 2.24) is 5.32 Å². The number of hydrogen-bond acceptors (Lipinski definition) is 3. The maximum atomic E-state index is 11.8. The van der Waals surface area contributed by atoms with Crippen LogP contribution in [0.25, 0.3) is 0 Å². The van der Waals surface area contributed by atoms with Gasteiger partial charge in [-0.3, -0.25) is 0 Å². The number of carbonyl (C=O) groups excluding carboxylic acids is 1. The molecule has 0 bridgehead atoms. The van der Waals surface area contributed by atoms with Crippen LogP contribution in [0.2, 0.25) is 0 Å². The van der Waals surface area contributed by atoms with Gasteiger partial charge in [0, 0.05) is 6.04 Å². The van der Waals surface area contributed by atoms with Crippen molar-refractivity contribution in [3.05, 3.63) is 71.3 Å². The average Bonchev–Trinajstić information content (AvgIpc) is 2.63. The lowest BCUT2D eigenvalue weighted by Gasteiger charge is -2.31. The summed E-state index contributed by atoms with van der Waals surface area (Å²) >= 11 is 0. The molecule has 0 amide bonds. The summed E-state index contributed by atoms with van der Waals surface area (Å²) in [5.74, 6) is 0.313. The van der Waals surface area contributed by atoms with Crippen molar-refractivity contribution in [3.63, 3.8) is 0 Å². The molecular weight excluding hydrogens is 298 g/mol. The van der Waals surface area contributed by atoms with E-state index in [1.54, 1.807) is 0 Å². The highest BCUT2D eigenvalue weighted by Gasteiger charge is 2.23. The Balaban J connectivity index is 1.63. The number of piperidine rings is 1. The Kier molecular flexibility index (Phi) is 5.65. The second-order valence-electron chi connectivity index (χ2n) is 6.40. The molecule has 0 saturated carbocycles. The van der Waals surface area contributed by atoms with Gasteiger partial charge in [0.15, 0.2) is 0 Å². The topological polar surface area (TPSA) is 38.3 Å². The van der Waals surface area contributed by atoms with Crippen LogP contribution in [0, 0.1) is 0 Å². The highest BCUT2D eigenvalue weighted by molar-refractivity contribution is 5.89. The molecule has 0 radical (unpaired) electrons. The molecule has 1 aliphatic rings. The molecule has 2 aromatic rings. The zero-order valence-corrected chi connectivity index (χ0v) is 14.2. The second kappa shape index (κ2) is 8.11. The van der Waals surface area contributed by atoms with Gasteiger partial charge in [0.2, 0.25) is 0 Å². The van der Waals surface area contributed by atoms with Crippen molar-refractivity contribution < 1.29 is 9.53 Å². The highest BCUT2D eigenvalue weighted by atomic mass is 16.5. The van der Waals surface area contributed by atoms with E-state index >= 15 is 0 Å². The zero-order chi connectivity index (χ0) is 16.8. The van der Waals surface area contributed by atoms with Crippen LogP contribution < -0.4 is 5.32 Å². The van der Waals surface area contributed by atoms with Crippen molar-refractivity contribution in [1.29, 1.82) is 0 Å². The number of hydrogen-bond donors (Lipinski definition) is 1. The Bertz CT molecular complexity index is 651. The fraction of sp³-hybridized carbons (Fsp3) is 0.381. The highest BCUT2D eigenvalue weighted by Crippen LogP contribution is 2.29. The van der Waals surface area contributed by atoms with E-state index in [-0.39, 0.29) is 5.97 Å². The first-order valence-electron chi connectivity index (χ1n) is 8.80. The number of benzene rings is 2. The summed E-state index contributed by atoms with van der Waals surface area (Å²) in [6.45, 7) is 3.28. The lowest BCUT2D eigenvalue weighted by atomic mass is 9.84. The molecular formula is C21H25NO2. The van der Waals surface area contributed by atoms with Crippen molar-refractivity contribution >= 4 is 5.97 Å². The standard InChI is InChI=1S/C21H25NO2/c1-2-24-21(23)18-10-8-17(9-11-18)19-12-13-22-20(15-19)14-16-6-4-3-5-7-16/h3-11,19-20,22H,2,12-15H2,1H3. The Labute approximate surface area is 144 Å². The molecule has 3 rings (SSSR count). The van der Waals surface area contributed by atoms with E-state index in [0.717, 1.165) is 25.8 Å². The van der Waals surface area contributed by atoms with Crippen LogP contribution in [0.1, 0.15) is 47.2 Å². The third kappa shape index (κ3) is 4.24. The zero-order valence-electron chi connectivity index (χ0n) is 14.2. The SMILES string of the molecule is CCOC(=O)c1ccc(C2CCNC(Cc3ccccc3)C2)cc1. The number of ether oxygens (including phenoxy) is 1. The van der Waals surface area contributed by atoms with E-state index in [9.17, 15) is 4.79 Å². The summed E-state index contributed by atoms with van der Waals surface area (Å²) < 4.78 is 5.05. The van der Waals surface area contributed by atoms with Gasteiger partial charge in [-0.15, -0.1) is 0 Å². The van der Waals surface area contributed by atoms with Gasteiger partial charge in [-0.2, -0.15) is 0 Å². The molecule has 1 heterocycles. The summed E-state index contributed by atoms with van der Waals surface area (Å²) in [5.41, 5.74) is 3.34. The summed E-state index contributed by atoms with van der Waals surface area (Å²) in [4.78, 5) is 11.8. The number of nitrogens with one attached hydrogen (secondary N) is 1. The van der Waals surface area contributed by atoms with Crippen molar-refractivity contribution in [3.8, 4) is 0 Å². The smallest absolute Gasteiger partial charge is 0.338 e. The van der Waals surface area contributed by atoms with Gasteiger partial charge >= 0.3 is 5.97 Å². The molecule has 0 aliphatic carbocycles. The van der Waals surface area contributed by atoms with Gasteiger partial charge in [-0.25, -0.2) is 4.79 Å². The molecule has 1 N–H and O–H groups in total. The quantitative estimate of drug-likeness (QED) is 0.847. The van der Waals surface area contributed by atoms with Gasteiger partial charge in [-0.1, -0.05) is 42.5 Å². The molecule has 0 spiro atoms. The maximum absolute atomic E-state index is 11.8.